The van der Waals surface area contributed by atoms with E-state index in [1.807, 2.05) is 30.3 Å². The summed E-state index contributed by atoms with van der Waals surface area (Å²) in [6.45, 7) is 1.61. The van der Waals surface area contributed by atoms with Gasteiger partial charge in [-0.3, -0.25) is 4.90 Å². The lowest BCUT2D eigenvalue weighted by molar-refractivity contribution is 0.274. The van der Waals surface area contributed by atoms with Crippen LogP contribution in [-0.4, -0.2) is 25.6 Å². The number of thioether (sulfide) groups is 1. The first-order valence-electron chi connectivity index (χ1n) is 9.83. The fourth-order valence-electron chi connectivity index (χ4n) is 3.13. The van der Waals surface area contributed by atoms with E-state index < -0.39 is 15.8 Å². The van der Waals surface area contributed by atoms with Crippen LogP contribution in [0.4, 0.5) is 10.1 Å². The highest BCUT2D eigenvalue weighted by Gasteiger charge is 2.14. The van der Waals surface area contributed by atoms with Crippen molar-refractivity contribution in [3.63, 3.8) is 0 Å². The van der Waals surface area contributed by atoms with Crippen LogP contribution in [0.1, 0.15) is 11.1 Å². The van der Waals surface area contributed by atoms with Crippen LogP contribution in [0.25, 0.3) is 10.4 Å². The van der Waals surface area contributed by atoms with Gasteiger partial charge in [-0.15, -0.1) is 16.7 Å². The Labute approximate surface area is 195 Å². The molecule has 0 bridgehead atoms. The van der Waals surface area contributed by atoms with Crippen molar-refractivity contribution >= 4 is 27.5 Å². The number of rotatable bonds is 11. The van der Waals surface area contributed by atoms with Gasteiger partial charge in [0.1, 0.15) is 5.69 Å². The van der Waals surface area contributed by atoms with E-state index in [-0.39, 0.29) is 10.6 Å². The third-order valence-corrected chi connectivity index (χ3v) is 6.85. The summed E-state index contributed by atoms with van der Waals surface area (Å²) < 4.78 is 40.2. The molecule has 8 nitrogen and oxygen atoms in total. The molecule has 0 unspecified atom stereocenters. The summed E-state index contributed by atoms with van der Waals surface area (Å²) in [6, 6.07) is 20.3. The first-order chi connectivity index (χ1) is 15.9. The van der Waals surface area contributed by atoms with Crippen LogP contribution in [0.15, 0.2) is 92.3 Å². The Morgan fingerprint density at radius 1 is 0.970 bits per heavy atom. The lowest BCUT2D eigenvalue weighted by Gasteiger charge is -2.23. The minimum Gasteiger partial charge on any atom is -0.294 e. The molecule has 0 aromatic heterocycles. The lowest BCUT2D eigenvalue weighted by atomic mass is 10.1. The van der Waals surface area contributed by atoms with Crippen LogP contribution in [0.2, 0.25) is 0 Å². The van der Waals surface area contributed by atoms with Gasteiger partial charge in [0.05, 0.1) is 4.90 Å². The van der Waals surface area contributed by atoms with Gasteiger partial charge in [-0.1, -0.05) is 36.4 Å². The number of halogens is 1. The molecule has 3 aromatic rings. The zero-order chi connectivity index (χ0) is 23.7. The quantitative estimate of drug-likeness (QED) is 0.108. The predicted molar refractivity (Wildman–Crippen MR) is 126 cm³/mol. The normalized spacial score (nSPS) is 11.2. The van der Waals surface area contributed by atoms with Crippen LogP contribution >= 0.6 is 11.8 Å². The number of hydrogen-bond acceptors (Lipinski definition) is 6. The summed E-state index contributed by atoms with van der Waals surface area (Å²) in [5.74, 6) is 0.115. The molecule has 0 radical (unpaired) electrons. The maximum Gasteiger partial charge on any atom is 0.264 e. The molecule has 3 aromatic carbocycles. The number of hydrogen-bond donors (Lipinski definition) is 0. The fraction of sp³-hybridized carbons (Fsp3) is 0.182. The van der Waals surface area contributed by atoms with Crippen LogP contribution < -0.4 is 0 Å². The van der Waals surface area contributed by atoms with Gasteiger partial charge in [-0.05, 0) is 58.2 Å². The van der Waals surface area contributed by atoms with E-state index in [4.69, 9.17) is 5.53 Å². The topological polar surface area (TPSA) is 116 Å². The molecule has 0 amide bonds. The lowest BCUT2D eigenvalue weighted by Crippen LogP contribution is -2.25. The zero-order valence-corrected chi connectivity index (χ0v) is 19.0. The molecular formula is C22H20FN5O3S2. The van der Waals surface area contributed by atoms with E-state index in [2.05, 4.69) is 19.5 Å². The minimum atomic E-state index is -4.04. The Bertz CT molecular complexity index is 1250. The van der Waals surface area contributed by atoms with Gasteiger partial charge in [0, 0.05) is 39.7 Å². The first kappa shape index (κ1) is 24.4. The molecule has 0 N–H and O–H groups in total. The minimum absolute atomic E-state index is 0.0875. The zero-order valence-electron chi connectivity index (χ0n) is 17.4. The summed E-state index contributed by atoms with van der Waals surface area (Å²) in [5.41, 5.74) is 9.76. The van der Waals surface area contributed by atoms with Crippen LogP contribution in [0.3, 0.4) is 0 Å². The molecule has 0 saturated heterocycles. The van der Waals surface area contributed by atoms with Crippen molar-refractivity contribution < 1.29 is 12.8 Å². The van der Waals surface area contributed by atoms with Crippen LogP contribution in [-0.2, 0) is 23.1 Å². The van der Waals surface area contributed by atoms with E-state index in [1.54, 1.807) is 30.0 Å². The van der Waals surface area contributed by atoms with Crippen molar-refractivity contribution in [2.75, 3.05) is 12.3 Å². The molecule has 0 aliphatic carbocycles. The molecule has 33 heavy (non-hydrogen) atoms. The number of nitroso groups, excluding NO2 is 1. The summed E-state index contributed by atoms with van der Waals surface area (Å²) in [4.78, 5) is 16.4. The monoisotopic (exact) mass is 485 g/mol. The van der Waals surface area contributed by atoms with Crippen molar-refractivity contribution in [1.29, 1.82) is 0 Å². The number of nitrogens with zero attached hydrogens (tertiary/aromatic N) is 5. The van der Waals surface area contributed by atoms with Crippen molar-refractivity contribution in [3.05, 3.63) is 105 Å². The number of benzene rings is 3. The second-order valence-corrected chi connectivity index (χ2v) is 9.79. The third kappa shape index (κ3) is 7.13. The van der Waals surface area contributed by atoms with Crippen LogP contribution in [0.5, 0.6) is 0 Å². The van der Waals surface area contributed by atoms with Gasteiger partial charge in [0.25, 0.3) is 10.0 Å². The van der Waals surface area contributed by atoms with Crippen molar-refractivity contribution in [2.45, 2.75) is 22.9 Å². The average Bonchev–Trinajstić information content (AvgIpc) is 2.81. The Morgan fingerprint density at radius 2 is 1.64 bits per heavy atom. The number of sulfonamides is 1. The summed E-state index contributed by atoms with van der Waals surface area (Å²) in [6.07, 6.45) is 0. The van der Waals surface area contributed by atoms with E-state index in [0.717, 1.165) is 21.8 Å². The van der Waals surface area contributed by atoms with Crippen molar-refractivity contribution in [2.24, 2.45) is 9.70 Å². The van der Waals surface area contributed by atoms with Gasteiger partial charge in [0.15, 0.2) is 5.82 Å². The summed E-state index contributed by atoms with van der Waals surface area (Å²) in [7, 11) is -4.04. The van der Waals surface area contributed by atoms with Gasteiger partial charge in [-0.25, -0.2) is 12.8 Å². The van der Waals surface area contributed by atoms with Crippen molar-refractivity contribution in [1.82, 2.24) is 4.90 Å². The molecule has 11 heteroatoms. The SMILES string of the molecule is [N-]=[N+]=NS(=O)(=O)c1ccc(CN(CCSc2ccccc2)Cc2ccc(F)c(N=O)c2)cc1. The van der Waals surface area contributed by atoms with E-state index in [1.165, 1.54) is 24.3 Å². The highest BCUT2D eigenvalue weighted by atomic mass is 32.2. The fourth-order valence-corrected chi connectivity index (χ4v) is 4.73. The molecule has 0 aliphatic heterocycles. The smallest absolute Gasteiger partial charge is 0.264 e. The molecule has 3 rings (SSSR count). The largest absolute Gasteiger partial charge is 0.294 e. The summed E-state index contributed by atoms with van der Waals surface area (Å²) in [5, 5.41) is 2.73. The molecule has 0 saturated carbocycles. The highest BCUT2D eigenvalue weighted by molar-refractivity contribution is 7.99. The van der Waals surface area contributed by atoms with E-state index >= 15 is 0 Å². The Morgan fingerprint density at radius 3 is 2.30 bits per heavy atom. The summed E-state index contributed by atoms with van der Waals surface area (Å²) >= 11 is 1.70. The van der Waals surface area contributed by atoms with Gasteiger partial charge < -0.3 is 0 Å². The van der Waals surface area contributed by atoms with Crippen molar-refractivity contribution in [3.8, 4) is 0 Å². The molecule has 0 atom stereocenters. The Kier molecular flexibility index (Phi) is 8.56. The first-order valence-corrected chi connectivity index (χ1v) is 12.3. The second-order valence-electron chi connectivity index (χ2n) is 7.04. The Hall–Kier alpha value is -3.24. The predicted octanol–water partition coefficient (Wildman–Crippen LogP) is 6.02. The average molecular weight is 486 g/mol. The second kappa shape index (κ2) is 11.6. The van der Waals surface area contributed by atoms with Gasteiger partial charge >= 0.3 is 0 Å². The van der Waals surface area contributed by atoms with Gasteiger partial charge in [0.2, 0.25) is 0 Å². The van der Waals surface area contributed by atoms with E-state index in [0.29, 0.717) is 19.6 Å². The maximum absolute atomic E-state index is 13.6. The molecule has 0 fully saturated rings. The molecule has 170 valence electrons. The molecule has 0 spiro atoms. The molecule has 0 aliphatic rings. The maximum atomic E-state index is 13.6. The van der Waals surface area contributed by atoms with Gasteiger partial charge in [-0.2, -0.15) is 0 Å². The third-order valence-electron chi connectivity index (χ3n) is 4.71. The highest BCUT2D eigenvalue weighted by Crippen LogP contribution is 2.22. The standard InChI is InChI=1S/C22H20FN5O3S2/c23-21-11-8-18(14-22(21)25-29)16-28(12-13-32-19-4-2-1-3-5-19)15-17-6-9-20(10-7-17)33(30,31)27-26-24/h1-11,14H,12-13,15-16H2. The molecular weight excluding hydrogens is 465 g/mol. The Balaban J connectivity index is 1.75. The molecule has 0 heterocycles. The number of azide groups is 1. The van der Waals surface area contributed by atoms with Crippen LogP contribution in [0, 0.1) is 10.7 Å². The van der Waals surface area contributed by atoms with E-state index in [9.17, 15) is 17.7 Å².